The molecule has 106 valence electrons. The Labute approximate surface area is 127 Å². The van der Waals surface area contributed by atoms with Crippen LogP contribution in [0.2, 0.25) is 0 Å². The number of nitriles is 1. The zero-order valence-electron chi connectivity index (χ0n) is 11.5. The lowest BCUT2D eigenvalue weighted by atomic mass is 10.2. The van der Waals surface area contributed by atoms with Crippen molar-refractivity contribution in [3.05, 3.63) is 47.8 Å². The average Bonchev–Trinajstić information content (AvgIpc) is 2.47. The van der Waals surface area contributed by atoms with E-state index in [1.807, 2.05) is 19.1 Å². The Kier molecular flexibility index (Phi) is 5.29. The zero-order valence-corrected chi connectivity index (χ0v) is 12.4. The summed E-state index contributed by atoms with van der Waals surface area (Å²) in [6.45, 7) is 1.90. The third kappa shape index (κ3) is 4.89. The molecular weight excluding hydrogens is 284 g/mol. The highest BCUT2D eigenvalue weighted by molar-refractivity contribution is 7.99. The minimum atomic E-state index is -0.0924. The highest BCUT2D eigenvalue weighted by Gasteiger charge is 2.05. The number of hydrogen-bond acceptors (Lipinski definition) is 5. The van der Waals surface area contributed by atoms with Crippen molar-refractivity contribution in [3.8, 4) is 6.07 Å². The Bertz CT molecular complexity index is 681. The molecule has 0 spiro atoms. The van der Waals surface area contributed by atoms with Gasteiger partial charge >= 0.3 is 0 Å². The molecule has 1 aromatic carbocycles. The molecule has 5 nitrogen and oxygen atoms in total. The lowest BCUT2D eigenvalue weighted by Gasteiger charge is -2.05. The lowest BCUT2D eigenvalue weighted by molar-refractivity contribution is -0.115. The van der Waals surface area contributed by atoms with Gasteiger partial charge in [0, 0.05) is 29.8 Å². The van der Waals surface area contributed by atoms with Crippen LogP contribution in [0.3, 0.4) is 0 Å². The van der Waals surface area contributed by atoms with E-state index in [-0.39, 0.29) is 5.91 Å². The highest BCUT2D eigenvalue weighted by Crippen LogP contribution is 2.15. The summed E-state index contributed by atoms with van der Waals surface area (Å²) in [6, 6.07) is 10.7. The molecule has 2 aromatic rings. The maximum absolute atomic E-state index is 11.8. The average molecular weight is 298 g/mol. The molecule has 0 bridgehead atoms. The van der Waals surface area contributed by atoms with Crippen LogP contribution >= 0.6 is 11.8 Å². The zero-order chi connectivity index (χ0) is 15.1. The van der Waals surface area contributed by atoms with E-state index in [0.29, 0.717) is 28.6 Å². The number of carbonyl (C=O) groups is 1. The van der Waals surface area contributed by atoms with Gasteiger partial charge in [0.2, 0.25) is 5.91 Å². The van der Waals surface area contributed by atoms with Crippen molar-refractivity contribution in [3.63, 3.8) is 0 Å². The molecular formula is C15H14N4OS. The summed E-state index contributed by atoms with van der Waals surface area (Å²) in [5, 5.41) is 12.3. The third-order valence-corrected chi connectivity index (χ3v) is 3.47. The van der Waals surface area contributed by atoms with Gasteiger partial charge in [-0.15, -0.1) is 0 Å². The van der Waals surface area contributed by atoms with Crippen LogP contribution in [0, 0.1) is 18.3 Å². The predicted molar refractivity (Wildman–Crippen MR) is 81.9 cm³/mol. The number of amides is 1. The van der Waals surface area contributed by atoms with E-state index in [0.717, 1.165) is 5.69 Å². The first-order valence-corrected chi connectivity index (χ1v) is 7.38. The number of benzene rings is 1. The van der Waals surface area contributed by atoms with Crippen molar-refractivity contribution < 1.29 is 4.79 Å². The van der Waals surface area contributed by atoms with Gasteiger partial charge in [-0.1, -0.05) is 17.8 Å². The predicted octanol–water partition coefficient (Wildman–Crippen LogP) is 2.78. The van der Waals surface area contributed by atoms with E-state index in [1.54, 1.807) is 30.5 Å². The molecule has 0 aliphatic carbocycles. The normalized spacial score (nSPS) is 9.90. The van der Waals surface area contributed by atoms with Crippen LogP contribution in [-0.2, 0) is 4.79 Å². The highest BCUT2D eigenvalue weighted by atomic mass is 32.2. The first-order chi connectivity index (χ1) is 10.2. The number of carbonyl (C=O) groups excluding carboxylic acids is 1. The summed E-state index contributed by atoms with van der Waals surface area (Å²) in [7, 11) is 0. The number of hydrogen-bond donors (Lipinski definition) is 1. The fourth-order valence-corrected chi connectivity index (χ4v) is 2.43. The van der Waals surface area contributed by atoms with Crippen LogP contribution in [-0.4, -0.2) is 21.6 Å². The van der Waals surface area contributed by atoms with Crippen LogP contribution in [0.25, 0.3) is 0 Å². The molecule has 0 aliphatic heterocycles. The fraction of sp³-hybridized carbons (Fsp3) is 0.200. The molecule has 1 aromatic heterocycles. The standard InChI is InChI=1S/C15H14N4OS/c1-11-5-7-17-15(18-11)21-8-6-14(20)19-13-4-2-3-12(9-13)10-16/h2-5,7,9H,6,8H2,1H3,(H,19,20). The van der Waals surface area contributed by atoms with Gasteiger partial charge in [0.05, 0.1) is 11.6 Å². The van der Waals surface area contributed by atoms with E-state index in [9.17, 15) is 4.79 Å². The summed E-state index contributed by atoms with van der Waals surface area (Å²) >= 11 is 1.45. The largest absolute Gasteiger partial charge is 0.326 e. The second kappa shape index (κ2) is 7.41. The number of aryl methyl sites for hydroxylation is 1. The molecule has 6 heteroatoms. The fourth-order valence-electron chi connectivity index (χ4n) is 1.62. The monoisotopic (exact) mass is 298 g/mol. The van der Waals surface area contributed by atoms with E-state index < -0.39 is 0 Å². The smallest absolute Gasteiger partial charge is 0.225 e. The van der Waals surface area contributed by atoms with Crippen molar-refractivity contribution in [2.45, 2.75) is 18.5 Å². The number of thioether (sulfide) groups is 1. The molecule has 1 N–H and O–H groups in total. The number of aromatic nitrogens is 2. The molecule has 0 radical (unpaired) electrons. The molecule has 0 aliphatic rings. The molecule has 0 unspecified atom stereocenters. The van der Waals surface area contributed by atoms with Crippen molar-refractivity contribution in [2.24, 2.45) is 0 Å². The molecule has 1 heterocycles. The van der Waals surface area contributed by atoms with Gasteiger partial charge in [0.1, 0.15) is 0 Å². The van der Waals surface area contributed by atoms with Gasteiger partial charge in [-0.3, -0.25) is 4.79 Å². The van der Waals surface area contributed by atoms with E-state index in [4.69, 9.17) is 5.26 Å². The molecule has 1 amide bonds. The maximum Gasteiger partial charge on any atom is 0.225 e. The van der Waals surface area contributed by atoms with Crippen LogP contribution in [0.4, 0.5) is 5.69 Å². The summed E-state index contributed by atoms with van der Waals surface area (Å²) in [5.41, 5.74) is 2.07. The number of nitrogens with zero attached hydrogens (tertiary/aromatic N) is 3. The second-order valence-electron chi connectivity index (χ2n) is 4.32. The minimum absolute atomic E-state index is 0.0924. The van der Waals surface area contributed by atoms with Crippen LogP contribution in [0.15, 0.2) is 41.7 Å². The third-order valence-electron chi connectivity index (χ3n) is 2.61. The Morgan fingerprint density at radius 3 is 3.05 bits per heavy atom. The summed E-state index contributed by atoms with van der Waals surface area (Å²) in [4.78, 5) is 20.2. The van der Waals surface area contributed by atoms with Crippen molar-refractivity contribution in [1.82, 2.24) is 9.97 Å². The van der Waals surface area contributed by atoms with Crippen molar-refractivity contribution >= 4 is 23.4 Å². The Balaban J connectivity index is 1.81. The van der Waals surface area contributed by atoms with E-state index in [1.165, 1.54) is 11.8 Å². The van der Waals surface area contributed by atoms with Crippen LogP contribution < -0.4 is 5.32 Å². The Morgan fingerprint density at radius 2 is 2.29 bits per heavy atom. The Morgan fingerprint density at radius 1 is 1.43 bits per heavy atom. The Hall–Kier alpha value is -2.39. The maximum atomic E-state index is 11.8. The first kappa shape index (κ1) is 15.0. The van der Waals surface area contributed by atoms with Crippen LogP contribution in [0.1, 0.15) is 17.7 Å². The number of nitrogens with one attached hydrogen (secondary N) is 1. The summed E-state index contributed by atoms with van der Waals surface area (Å²) in [5.74, 6) is 0.512. The van der Waals surface area contributed by atoms with Crippen molar-refractivity contribution in [2.75, 3.05) is 11.1 Å². The summed E-state index contributed by atoms with van der Waals surface area (Å²) in [6.07, 6.45) is 2.07. The lowest BCUT2D eigenvalue weighted by Crippen LogP contribution is -2.12. The van der Waals surface area contributed by atoms with Gasteiger partial charge in [-0.05, 0) is 31.2 Å². The van der Waals surface area contributed by atoms with E-state index in [2.05, 4.69) is 15.3 Å². The first-order valence-electron chi connectivity index (χ1n) is 6.40. The molecule has 0 fully saturated rings. The number of anilines is 1. The molecule has 0 atom stereocenters. The van der Waals surface area contributed by atoms with Crippen molar-refractivity contribution in [1.29, 1.82) is 5.26 Å². The van der Waals surface area contributed by atoms with Gasteiger partial charge in [0.15, 0.2) is 5.16 Å². The topological polar surface area (TPSA) is 78.7 Å². The van der Waals surface area contributed by atoms with E-state index >= 15 is 0 Å². The SMILES string of the molecule is Cc1ccnc(SCCC(=O)Nc2cccc(C#N)c2)n1. The second-order valence-corrected chi connectivity index (χ2v) is 5.38. The number of rotatable bonds is 5. The molecule has 0 saturated heterocycles. The molecule has 2 rings (SSSR count). The van der Waals surface area contributed by atoms with Gasteiger partial charge in [-0.25, -0.2) is 9.97 Å². The minimum Gasteiger partial charge on any atom is -0.326 e. The molecule has 21 heavy (non-hydrogen) atoms. The van der Waals surface area contributed by atoms with Gasteiger partial charge in [-0.2, -0.15) is 5.26 Å². The van der Waals surface area contributed by atoms with Gasteiger partial charge in [0.25, 0.3) is 0 Å². The quantitative estimate of drug-likeness (QED) is 0.678. The molecule has 0 saturated carbocycles. The van der Waals surface area contributed by atoms with Crippen LogP contribution in [0.5, 0.6) is 0 Å². The summed E-state index contributed by atoms with van der Waals surface area (Å²) < 4.78 is 0. The van der Waals surface area contributed by atoms with Gasteiger partial charge < -0.3 is 5.32 Å².